The van der Waals surface area contributed by atoms with E-state index in [1.807, 2.05) is 0 Å². The standard InChI is InChI=1S/C14H20INO/c1-14(2)6-4-3-5-9-10(8-16)13(17)12(15)7-11(9)14/h7,17H,3-6,8,16H2,1-2H3. The lowest BCUT2D eigenvalue weighted by Gasteiger charge is -2.27. The largest absolute Gasteiger partial charge is 0.506 e. The number of hydrogen-bond donors (Lipinski definition) is 2. The SMILES string of the molecule is CC1(C)CCCCc2c1cc(I)c(O)c2CN. The third-order valence-corrected chi connectivity index (χ3v) is 4.71. The van der Waals surface area contributed by atoms with Crippen molar-refractivity contribution in [3.63, 3.8) is 0 Å². The van der Waals surface area contributed by atoms with Gasteiger partial charge in [-0.3, -0.25) is 0 Å². The summed E-state index contributed by atoms with van der Waals surface area (Å²) in [7, 11) is 0. The molecule has 2 rings (SSSR count). The predicted molar refractivity (Wildman–Crippen MR) is 79.3 cm³/mol. The van der Waals surface area contributed by atoms with Crippen molar-refractivity contribution in [3.05, 3.63) is 26.3 Å². The number of halogens is 1. The van der Waals surface area contributed by atoms with Crippen LogP contribution in [0, 0.1) is 3.57 Å². The fourth-order valence-corrected chi connectivity index (χ4v) is 3.48. The molecular weight excluding hydrogens is 325 g/mol. The Morgan fingerprint density at radius 2 is 2.12 bits per heavy atom. The van der Waals surface area contributed by atoms with Crippen molar-refractivity contribution in [3.8, 4) is 5.75 Å². The maximum atomic E-state index is 10.1. The molecule has 0 spiro atoms. The lowest BCUT2D eigenvalue weighted by molar-refractivity contribution is 0.455. The average molecular weight is 345 g/mol. The van der Waals surface area contributed by atoms with Crippen LogP contribution in [0.1, 0.15) is 49.8 Å². The Kier molecular flexibility index (Phi) is 3.69. The number of phenols is 1. The summed E-state index contributed by atoms with van der Waals surface area (Å²) in [5, 5.41) is 10.1. The predicted octanol–water partition coefficient (Wildman–Crippen LogP) is 3.46. The lowest BCUT2D eigenvalue weighted by Crippen LogP contribution is -2.19. The van der Waals surface area contributed by atoms with Gasteiger partial charge in [-0.2, -0.15) is 0 Å². The Labute approximate surface area is 117 Å². The van der Waals surface area contributed by atoms with Crippen LogP contribution in [0.15, 0.2) is 6.07 Å². The summed E-state index contributed by atoms with van der Waals surface area (Å²) in [6, 6.07) is 2.15. The van der Waals surface area contributed by atoms with Gasteiger partial charge in [-0.1, -0.05) is 20.3 Å². The van der Waals surface area contributed by atoms with Crippen LogP contribution in [0.4, 0.5) is 0 Å². The highest BCUT2D eigenvalue weighted by atomic mass is 127. The van der Waals surface area contributed by atoms with E-state index < -0.39 is 0 Å². The molecule has 17 heavy (non-hydrogen) atoms. The van der Waals surface area contributed by atoms with Crippen molar-refractivity contribution >= 4 is 22.6 Å². The van der Waals surface area contributed by atoms with E-state index >= 15 is 0 Å². The van der Waals surface area contributed by atoms with Crippen LogP contribution in [0.25, 0.3) is 0 Å². The van der Waals surface area contributed by atoms with E-state index in [9.17, 15) is 5.11 Å². The summed E-state index contributed by atoms with van der Waals surface area (Å²) in [5.41, 5.74) is 9.66. The van der Waals surface area contributed by atoms with E-state index in [1.165, 1.54) is 30.4 Å². The Morgan fingerprint density at radius 1 is 1.41 bits per heavy atom. The Hall–Kier alpha value is -0.290. The lowest BCUT2D eigenvalue weighted by atomic mass is 9.78. The minimum atomic E-state index is 0.198. The van der Waals surface area contributed by atoms with Gasteiger partial charge in [-0.05, 0) is 64.5 Å². The third-order valence-electron chi connectivity index (χ3n) is 3.88. The molecule has 0 bridgehead atoms. The van der Waals surface area contributed by atoms with Gasteiger partial charge in [0.2, 0.25) is 0 Å². The van der Waals surface area contributed by atoms with E-state index in [0.717, 1.165) is 15.6 Å². The zero-order valence-electron chi connectivity index (χ0n) is 10.5. The normalized spacial score (nSPS) is 18.6. The topological polar surface area (TPSA) is 46.2 Å². The molecule has 1 aromatic carbocycles. The van der Waals surface area contributed by atoms with E-state index in [4.69, 9.17) is 5.73 Å². The van der Waals surface area contributed by atoms with Crippen molar-refractivity contribution < 1.29 is 5.11 Å². The highest BCUT2D eigenvalue weighted by Crippen LogP contribution is 2.41. The molecule has 0 atom stereocenters. The quantitative estimate of drug-likeness (QED) is 0.605. The first-order valence-corrected chi connectivity index (χ1v) is 7.29. The number of benzene rings is 1. The fourth-order valence-electron chi connectivity index (χ4n) is 2.84. The molecule has 0 unspecified atom stereocenters. The molecule has 0 aliphatic heterocycles. The van der Waals surface area contributed by atoms with Gasteiger partial charge in [0.25, 0.3) is 0 Å². The summed E-state index contributed by atoms with van der Waals surface area (Å²) >= 11 is 2.20. The summed E-state index contributed by atoms with van der Waals surface area (Å²) in [6.07, 6.45) is 4.72. The summed E-state index contributed by atoms with van der Waals surface area (Å²) in [4.78, 5) is 0. The number of hydrogen-bond acceptors (Lipinski definition) is 2. The summed E-state index contributed by atoms with van der Waals surface area (Å²) < 4.78 is 0.928. The first-order chi connectivity index (χ1) is 7.97. The van der Waals surface area contributed by atoms with Crippen molar-refractivity contribution in [2.24, 2.45) is 5.73 Å². The second kappa shape index (κ2) is 4.76. The van der Waals surface area contributed by atoms with Crippen LogP contribution in [0.5, 0.6) is 5.75 Å². The molecule has 0 heterocycles. The molecule has 0 saturated heterocycles. The van der Waals surface area contributed by atoms with Crippen LogP contribution >= 0.6 is 22.6 Å². The first-order valence-electron chi connectivity index (χ1n) is 6.21. The zero-order chi connectivity index (χ0) is 12.6. The van der Waals surface area contributed by atoms with Crippen LogP contribution in [0.2, 0.25) is 0 Å². The molecule has 1 aliphatic rings. The van der Waals surface area contributed by atoms with Gasteiger partial charge >= 0.3 is 0 Å². The monoisotopic (exact) mass is 345 g/mol. The zero-order valence-corrected chi connectivity index (χ0v) is 12.7. The van der Waals surface area contributed by atoms with E-state index in [2.05, 4.69) is 42.5 Å². The van der Waals surface area contributed by atoms with Crippen molar-refractivity contribution in [1.29, 1.82) is 0 Å². The van der Waals surface area contributed by atoms with Crippen molar-refractivity contribution in [2.75, 3.05) is 0 Å². The highest BCUT2D eigenvalue weighted by molar-refractivity contribution is 14.1. The van der Waals surface area contributed by atoms with Crippen molar-refractivity contribution in [1.82, 2.24) is 0 Å². The maximum Gasteiger partial charge on any atom is 0.133 e. The average Bonchev–Trinajstić information content (AvgIpc) is 2.41. The molecule has 1 aromatic rings. The second-order valence-electron chi connectivity index (χ2n) is 5.51. The van der Waals surface area contributed by atoms with Gasteiger partial charge in [0.15, 0.2) is 0 Å². The van der Waals surface area contributed by atoms with Gasteiger partial charge in [0.05, 0.1) is 3.57 Å². The van der Waals surface area contributed by atoms with E-state index in [0.29, 0.717) is 12.3 Å². The highest BCUT2D eigenvalue weighted by Gasteiger charge is 2.29. The van der Waals surface area contributed by atoms with Crippen molar-refractivity contribution in [2.45, 2.75) is 51.5 Å². The van der Waals surface area contributed by atoms with Crippen LogP contribution in [0.3, 0.4) is 0 Å². The Morgan fingerprint density at radius 3 is 2.76 bits per heavy atom. The third kappa shape index (κ3) is 2.32. The molecule has 0 fully saturated rings. The molecule has 3 N–H and O–H groups in total. The van der Waals surface area contributed by atoms with Gasteiger partial charge in [0.1, 0.15) is 5.75 Å². The van der Waals surface area contributed by atoms with Crippen LogP contribution in [-0.2, 0) is 18.4 Å². The molecule has 0 aromatic heterocycles. The molecule has 0 saturated carbocycles. The molecule has 1 aliphatic carbocycles. The van der Waals surface area contributed by atoms with E-state index in [-0.39, 0.29) is 5.41 Å². The van der Waals surface area contributed by atoms with Crippen LogP contribution < -0.4 is 5.73 Å². The smallest absolute Gasteiger partial charge is 0.133 e. The second-order valence-corrected chi connectivity index (χ2v) is 6.67. The van der Waals surface area contributed by atoms with Gasteiger partial charge in [0, 0.05) is 12.1 Å². The first kappa shape index (κ1) is 13.1. The van der Waals surface area contributed by atoms with Gasteiger partial charge in [-0.25, -0.2) is 0 Å². The molecule has 0 radical (unpaired) electrons. The molecule has 0 amide bonds. The number of rotatable bonds is 1. The Balaban J connectivity index is 2.69. The van der Waals surface area contributed by atoms with Gasteiger partial charge < -0.3 is 10.8 Å². The summed E-state index contributed by atoms with van der Waals surface area (Å²) in [6.45, 7) is 5.02. The number of aromatic hydroxyl groups is 1. The summed E-state index contributed by atoms with van der Waals surface area (Å²) in [5.74, 6) is 0.393. The fraction of sp³-hybridized carbons (Fsp3) is 0.571. The maximum absolute atomic E-state index is 10.1. The number of phenolic OH excluding ortho intramolecular Hbond substituents is 1. The molecule has 94 valence electrons. The molecule has 3 heteroatoms. The van der Waals surface area contributed by atoms with Gasteiger partial charge in [-0.15, -0.1) is 0 Å². The number of fused-ring (bicyclic) bond motifs is 1. The Bertz CT molecular complexity index is 440. The molecular formula is C14H20INO. The van der Waals surface area contributed by atoms with E-state index in [1.54, 1.807) is 0 Å². The number of nitrogens with two attached hydrogens (primary N) is 1. The minimum absolute atomic E-state index is 0.198. The van der Waals surface area contributed by atoms with Crippen LogP contribution in [-0.4, -0.2) is 5.11 Å². The molecule has 2 nitrogen and oxygen atoms in total. The minimum Gasteiger partial charge on any atom is -0.506 e.